The monoisotopic (exact) mass is 303 g/mol. The van der Waals surface area contributed by atoms with Crippen molar-refractivity contribution in [2.75, 3.05) is 12.4 Å². The Bertz CT molecular complexity index is 621. The second kappa shape index (κ2) is 6.95. The van der Waals surface area contributed by atoms with Gasteiger partial charge in [-0.1, -0.05) is 56.3 Å². The number of hydrogen-bond donors (Lipinski definition) is 1. The first-order chi connectivity index (χ1) is 10.00. The van der Waals surface area contributed by atoms with Gasteiger partial charge in [-0.2, -0.15) is 0 Å². The summed E-state index contributed by atoms with van der Waals surface area (Å²) in [7, 11) is 0. The molecule has 0 fully saturated rings. The third kappa shape index (κ3) is 4.75. The number of carbonyl (C=O) groups excluding carboxylic acids is 1. The van der Waals surface area contributed by atoms with Crippen LogP contribution in [0.25, 0.3) is 10.8 Å². The molecule has 2 aromatic carbocycles. The van der Waals surface area contributed by atoms with Gasteiger partial charge >= 0.3 is 0 Å². The predicted octanol–water partition coefficient (Wildman–Crippen LogP) is 4.15. The van der Waals surface area contributed by atoms with Crippen LogP contribution in [0.2, 0.25) is 0 Å². The third-order valence-electron chi connectivity index (χ3n) is 3.71. The highest BCUT2D eigenvalue weighted by molar-refractivity contribution is 6.17. The van der Waals surface area contributed by atoms with Gasteiger partial charge in [0.1, 0.15) is 0 Å². The van der Waals surface area contributed by atoms with Crippen LogP contribution in [0.15, 0.2) is 42.5 Å². The summed E-state index contributed by atoms with van der Waals surface area (Å²) in [6, 6.07) is 14.3. The highest BCUT2D eigenvalue weighted by Crippen LogP contribution is 2.20. The first-order valence-electron chi connectivity index (χ1n) is 7.30. The molecule has 0 saturated carbocycles. The molecule has 0 unspecified atom stereocenters. The van der Waals surface area contributed by atoms with Crippen molar-refractivity contribution in [3.8, 4) is 0 Å². The highest BCUT2D eigenvalue weighted by Gasteiger charge is 2.18. The Kier molecular flexibility index (Phi) is 5.24. The van der Waals surface area contributed by atoms with Crippen molar-refractivity contribution in [1.82, 2.24) is 5.32 Å². The summed E-state index contributed by atoms with van der Waals surface area (Å²) in [5.41, 5.74) is 1.09. The fourth-order valence-corrected chi connectivity index (χ4v) is 2.79. The summed E-state index contributed by atoms with van der Waals surface area (Å²) in [4.78, 5) is 12.1. The molecule has 2 rings (SSSR count). The zero-order valence-electron chi connectivity index (χ0n) is 12.7. The maximum atomic E-state index is 12.1. The maximum absolute atomic E-state index is 12.1. The number of alkyl halides is 1. The number of benzene rings is 2. The van der Waals surface area contributed by atoms with Gasteiger partial charge in [-0.05, 0) is 28.2 Å². The molecule has 0 aliphatic rings. The molecule has 0 aromatic heterocycles. The lowest BCUT2D eigenvalue weighted by Crippen LogP contribution is -2.35. The van der Waals surface area contributed by atoms with Crippen molar-refractivity contribution < 1.29 is 4.79 Å². The molecule has 3 heteroatoms. The number of hydrogen-bond acceptors (Lipinski definition) is 1. The SMILES string of the molecule is CC(C)(CCCl)CNC(=O)Cc1ccc2ccccc2c1. The number of nitrogens with one attached hydrogen (secondary N) is 1. The second-order valence-corrected chi connectivity index (χ2v) is 6.62. The average molecular weight is 304 g/mol. The van der Waals surface area contributed by atoms with Crippen LogP contribution >= 0.6 is 11.6 Å². The number of carbonyl (C=O) groups is 1. The number of rotatable bonds is 6. The number of fused-ring (bicyclic) bond motifs is 1. The Morgan fingerprint density at radius 3 is 2.57 bits per heavy atom. The molecule has 0 heterocycles. The molecule has 2 aromatic rings. The molecule has 0 saturated heterocycles. The van der Waals surface area contributed by atoms with Crippen LogP contribution < -0.4 is 5.32 Å². The predicted molar refractivity (Wildman–Crippen MR) is 89.8 cm³/mol. The quantitative estimate of drug-likeness (QED) is 0.798. The van der Waals surface area contributed by atoms with Gasteiger partial charge in [-0.3, -0.25) is 4.79 Å². The van der Waals surface area contributed by atoms with E-state index >= 15 is 0 Å². The van der Waals surface area contributed by atoms with Gasteiger partial charge in [0.15, 0.2) is 0 Å². The van der Waals surface area contributed by atoms with Gasteiger partial charge in [0.25, 0.3) is 0 Å². The number of halogens is 1. The minimum Gasteiger partial charge on any atom is -0.355 e. The first kappa shape index (κ1) is 15.8. The normalized spacial score (nSPS) is 11.6. The minimum atomic E-state index is 0.0425. The van der Waals surface area contributed by atoms with Crippen molar-refractivity contribution >= 4 is 28.3 Å². The van der Waals surface area contributed by atoms with Crippen molar-refractivity contribution in [1.29, 1.82) is 0 Å². The van der Waals surface area contributed by atoms with E-state index in [1.807, 2.05) is 18.2 Å². The van der Waals surface area contributed by atoms with Crippen LogP contribution in [-0.4, -0.2) is 18.3 Å². The van der Waals surface area contributed by atoms with E-state index in [2.05, 4.69) is 43.4 Å². The van der Waals surface area contributed by atoms with Gasteiger partial charge < -0.3 is 5.32 Å². The molecule has 0 radical (unpaired) electrons. The Morgan fingerprint density at radius 1 is 1.14 bits per heavy atom. The minimum absolute atomic E-state index is 0.0425. The standard InChI is InChI=1S/C18H22ClNO/c1-18(2,9-10-19)13-20-17(21)12-14-7-8-15-5-3-4-6-16(15)11-14/h3-8,11H,9-10,12-13H2,1-2H3,(H,20,21). The summed E-state index contributed by atoms with van der Waals surface area (Å²) in [6.07, 6.45) is 1.31. The average Bonchev–Trinajstić information content (AvgIpc) is 2.45. The Morgan fingerprint density at radius 2 is 1.86 bits per heavy atom. The van der Waals surface area contributed by atoms with E-state index in [0.717, 1.165) is 12.0 Å². The zero-order valence-corrected chi connectivity index (χ0v) is 13.4. The fraction of sp³-hybridized carbons (Fsp3) is 0.389. The largest absolute Gasteiger partial charge is 0.355 e. The molecule has 112 valence electrons. The van der Waals surface area contributed by atoms with Crippen LogP contribution in [0.5, 0.6) is 0 Å². The summed E-state index contributed by atoms with van der Waals surface area (Å²) >= 11 is 5.77. The van der Waals surface area contributed by atoms with Crippen molar-refractivity contribution in [3.05, 3.63) is 48.0 Å². The Labute approximate surface area is 131 Å². The van der Waals surface area contributed by atoms with Crippen LogP contribution in [0, 0.1) is 5.41 Å². The molecule has 21 heavy (non-hydrogen) atoms. The van der Waals surface area contributed by atoms with E-state index < -0.39 is 0 Å². The van der Waals surface area contributed by atoms with E-state index in [-0.39, 0.29) is 11.3 Å². The third-order valence-corrected chi connectivity index (χ3v) is 3.90. The molecule has 0 bridgehead atoms. The second-order valence-electron chi connectivity index (χ2n) is 6.24. The smallest absolute Gasteiger partial charge is 0.224 e. The van der Waals surface area contributed by atoms with Crippen LogP contribution in [0.4, 0.5) is 0 Å². The van der Waals surface area contributed by atoms with E-state index in [9.17, 15) is 4.79 Å². The van der Waals surface area contributed by atoms with Gasteiger partial charge in [0, 0.05) is 12.4 Å². The van der Waals surface area contributed by atoms with Crippen molar-refractivity contribution in [3.63, 3.8) is 0 Å². The molecule has 0 atom stereocenters. The maximum Gasteiger partial charge on any atom is 0.224 e. The summed E-state index contributed by atoms with van der Waals surface area (Å²) in [5, 5.41) is 5.38. The molecular weight excluding hydrogens is 282 g/mol. The van der Waals surface area contributed by atoms with E-state index in [1.54, 1.807) is 0 Å². The summed E-state index contributed by atoms with van der Waals surface area (Å²) in [6.45, 7) is 4.89. The van der Waals surface area contributed by atoms with Gasteiger partial charge in [0.05, 0.1) is 6.42 Å². The van der Waals surface area contributed by atoms with E-state index in [1.165, 1.54) is 10.8 Å². The zero-order chi connectivity index (χ0) is 15.3. The fourth-order valence-electron chi connectivity index (χ4n) is 2.28. The van der Waals surface area contributed by atoms with Crippen LogP contribution in [-0.2, 0) is 11.2 Å². The summed E-state index contributed by atoms with van der Waals surface area (Å²) in [5.74, 6) is 0.681. The van der Waals surface area contributed by atoms with E-state index in [4.69, 9.17) is 11.6 Å². The van der Waals surface area contributed by atoms with Crippen LogP contribution in [0.3, 0.4) is 0 Å². The lowest BCUT2D eigenvalue weighted by Gasteiger charge is -2.23. The van der Waals surface area contributed by atoms with Gasteiger partial charge in [-0.25, -0.2) is 0 Å². The Hall–Kier alpha value is -1.54. The molecule has 0 aliphatic carbocycles. The van der Waals surface area contributed by atoms with Crippen molar-refractivity contribution in [2.45, 2.75) is 26.7 Å². The van der Waals surface area contributed by atoms with Gasteiger partial charge in [0.2, 0.25) is 5.91 Å². The van der Waals surface area contributed by atoms with Crippen LogP contribution in [0.1, 0.15) is 25.8 Å². The molecular formula is C18H22ClNO. The van der Waals surface area contributed by atoms with Gasteiger partial charge in [-0.15, -0.1) is 11.6 Å². The molecule has 1 N–H and O–H groups in total. The lowest BCUT2D eigenvalue weighted by molar-refractivity contribution is -0.120. The molecule has 2 nitrogen and oxygen atoms in total. The topological polar surface area (TPSA) is 29.1 Å². The van der Waals surface area contributed by atoms with Crippen molar-refractivity contribution in [2.24, 2.45) is 5.41 Å². The Balaban J connectivity index is 1.95. The highest BCUT2D eigenvalue weighted by atomic mass is 35.5. The summed E-state index contributed by atoms with van der Waals surface area (Å²) < 4.78 is 0. The first-order valence-corrected chi connectivity index (χ1v) is 7.84. The number of amides is 1. The lowest BCUT2D eigenvalue weighted by atomic mass is 9.90. The molecule has 0 aliphatic heterocycles. The molecule has 0 spiro atoms. The van der Waals surface area contributed by atoms with E-state index in [0.29, 0.717) is 18.8 Å². The molecule has 1 amide bonds.